The summed E-state index contributed by atoms with van der Waals surface area (Å²) in [4.78, 5) is 0. The van der Waals surface area contributed by atoms with Crippen LogP contribution in [0.1, 0.15) is 50.5 Å². The fraction of sp³-hybridized carbons (Fsp3) is 0.667. The largest absolute Gasteiger partial charge is 0.382 e. The van der Waals surface area contributed by atoms with E-state index in [0.717, 1.165) is 10.9 Å². The Morgan fingerprint density at radius 3 is 2.71 bits per heavy atom. The number of nitrogens with one attached hydrogen (secondary N) is 2. The molecule has 1 saturated carbocycles. The highest BCUT2D eigenvalue weighted by Crippen LogP contribution is 2.34. The van der Waals surface area contributed by atoms with Gasteiger partial charge in [0.2, 0.25) is 0 Å². The van der Waals surface area contributed by atoms with Crippen LogP contribution in [-0.2, 0) is 0 Å². The maximum absolute atomic E-state index is 6.26. The molecule has 0 radical (unpaired) electrons. The molecule has 0 aromatic heterocycles. The highest BCUT2D eigenvalue weighted by atomic mass is 35.5. The van der Waals surface area contributed by atoms with Gasteiger partial charge in [-0.3, -0.25) is 0 Å². The van der Waals surface area contributed by atoms with Crippen LogP contribution in [0.2, 0.25) is 5.02 Å². The van der Waals surface area contributed by atoms with E-state index < -0.39 is 0 Å². The molecule has 2 N–H and O–H groups in total. The predicted molar refractivity (Wildman–Crippen MR) is 91.2 cm³/mol. The number of hydrogen-bond donors (Lipinski definition) is 2. The molecule has 1 aromatic rings. The van der Waals surface area contributed by atoms with Gasteiger partial charge in [0.1, 0.15) is 0 Å². The molecule has 1 heterocycles. The second-order valence-corrected chi connectivity index (χ2v) is 7.08. The summed E-state index contributed by atoms with van der Waals surface area (Å²) in [6, 6.07) is 7.49. The van der Waals surface area contributed by atoms with Gasteiger partial charge in [-0.15, -0.1) is 0 Å². The number of rotatable bonds is 3. The van der Waals surface area contributed by atoms with Crippen LogP contribution in [0.3, 0.4) is 0 Å². The van der Waals surface area contributed by atoms with Gasteiger partial charge in [0.25, 0.3) is 0 Å². The summed E-state index contributed by atoms with van der Waals surface area (Å²) in [6.07, 6.45) is 9.45. The van der Waals surface area contributed by atoms with E-state index in [4.69, 9.17) is 11.6 Å². The molecule has 21 heavy (non-hydrogen) atoms. The highest BCUT2D eigenvalue weighted by Gasteiger charge is 2.32. The Labute approximate surface area is 133 Å². The minimum atomic E-state index is 0.589. The quantitative estimate of drug-likeness (QED) is 0.841. The molecule has 2 fully saturated rings. The van der Waals surface area contributed by atoms with Crippen molar-refractivity contribution in [1.29, 1.82) is 0 Å². The minimum absolute atomic E-state index is 0.589. The van der Waals surface area contributed by atoms with Crippen molar-refractivity contribution in [2.75, 3.05) is 11.9 Å². The van der Waals surface area contributed by atoms with Gasteiger partial charge in [-0.2, -0.15) is 0 Å². The smallest absolute Gasteiger partial charge is 0.0455 e. The molecule has 0 amide bonds. The molecular weight excluding hydrogens is 280 g/mol. The second kappa shape index (κ2) is 7.02. The average molecular weight is 307 g/mol. The minimum Gasteiger partial charge on any atom is -0.382 e. The summed E-state index contributed by atoms with van der Waals surface area (Å²) in [5.41, 5.74) is 2.40. The summed E-state index contributed by atoms with van der Waals surface area (Å²) in [5.74, 6) is 0.762. The molecule has 0 bridgehead atoms. The lowest BCUT2D eigenvalue weighted by Gasteiger charge is -2.40. The van der Waals surface area contributed by atoms with Crippen LogP contribution in [0.25, 0.3) is 0 Å². The first-order chi connectivity index (χ1) is 10.3. The van der Waals surface area contributed by atoms with Crippen LogP contribution < -0.4 is 10.6 Å². The van der Waals surface area contributed by atoms with E-state index in [9.17, 15) is 0 Å². The second-order valence-electron chi connectivity index (χ2n) is 6.67. The van der Waals surface area contributed by atoms with Crippen molar-refractivity contribution < 1.29 is 0 Å². The highest BCUT2D eigenvalue weighted by molar-refractivity contribution is 6.31. The third-order valence-corrected chi connectivity index (χ3v) is 5.70. The first kappa shape index (κ1) is 15.2. The van der Waals surface area contributed by atoms with Crippen LogP contribution in [0.15, 0.2) is 18.2 Å². The topological polar surface area (TPSA) is 24.1 Å². The Morgan fingerprint density at radius 2 is 1.90 bits per heavy atom. The zero-order valence-electron chi connectivity index (χ0n) is 13.0. The van der Waals surface area contributed by atoms with Crippen LogP contribution >= 0.6 is 11.6 Å². The van der Waals surface area contributed by atoms with Crippen LogP contribution in [0.5, 0.6) is 0 Å². The Kier molecular flexibility index (Phi) is 5.07. The molecule has 3 unspecified atom stereocenters. The van der Waals surface area contributed by atoms with Gasteiger partial charge in [0.05, 0.1) is 0 Å². The van der Waals surface area contributed by atoms with Gasteiger partial charge in [-0.05, 0) is 62.8 Å². The molecule has 116 valence electrons. The summed E-state index contributed by atoms with van der Waals surface area (Å²) >= 11 is 6.26. The van der Waals surface area contributed by atoms with E-state index in [1.807, 2.05) is 12.1 Å². The van der Waals surface area contributed by atoms with Crippen molar-refractivity contribution in [2.45, 2.75) is 64.0 Å². The van der Waals surface area contributed by atoms with Gasteiger partial charge in [0.15, 0.2) is 0 Å². The SMILES string of the molecule is Cc1c(Cl)cccc1NC1CCCCC1C1CCCCN1. The monoisotopic (exact) mass is 306 g/mol. The fourth-order valence-corrected chi connectivity index (χ4v) is 4.20. The number of piperidine rings is 1. The molecule has 1 saturated heterocycles. The molecule has 2 aliphatic rings. The number of hydrogen-bond acceptors (Lipinski definition) is 2. The van der Waals surface area contributed by atoms with E-state index in [1.165, 1.54) is 62.7 Å². The van der Waals surface area contributed by atoms with Gasteiger partial charge in [0, 0.05) is 22.8 Å². The zero-order chi connectivity index (χ0) is 14.7. The van der Waals surface area contributed by atoms with Crippen LogP contribution in [-0.4, -0.2) is 18.6 Å². The van der Waals surface area contributed by atoms with Crippen molar-refractivity contribution >= 4 is 17.3 Å². The lowest BCUT2D eigenvalue weighted by molar-refractivity contribution is 0.217. The standard InChI is InChI=1S/C18H27ClN2/c1-13-15(19)8-6-11-16(13)21-18-10-3-2-7-14(18)17-9-4-5-12-20-17/h6,8,11,14,17-18,20-21H,2-5,7,9-10,12H2,1H3. The number of halogens is 1. The van der Waals surface area contributed by atoms with Crippen molar-refractivity contribution in [2.24, 2.45) is 5.92 Å². The van der Waals surface area contributed by atoms with E-state index >= 15 is 0 Å². The maximum Gasteiger partial charge on any atom is 0.0455 e. The third kappa shape index (κ3) is 3.54. The first-order valence-electron chi connectivity index (χ1n) is 8.51. The Hall–Kier alpha value is -0.730. The predicted octanol–water partition coefficient (Wildman–Crippen LogP) is 4.76. The van der Waals surface area contributed by atoms with Gasteiger partial charge < -0.3 is 10.6 Å². The number of benzene rings is 1. The Morgan fingerprint density at radius 1 is 1.10 bits per heavy atom. The first-order valence-corrected chi connectivity index (χ1v) is 8.88. The molecule has 3 heteroatoms. The third-order valence-electron chi connectivity index (χ3n) is 5.29. The van der Waals surface area contributed by atoms with Crippen molar-refractivity contribution in [3.63, 3.8) is 0 Å². The van der Waals surface area contributed by atoms with Crippen molar-refractivity contribution in [1.82, 2.24) is 5.32 Å². The van der Waals surface area contributed by atoms with E-state index in [-0.39, 0.29) is 0 Å². The van der Waals surface area contributed by atoms with Crippen molar-refractivity contribution in [3.05, 3.63) is 28.8 Å². The molecule has 3 atom stereocenters. The van der Waals surface area contributed by atoms with Gasteiger partial charge in [-0.25, -0.2) is 0 Å². The maximum atomic E-state index is 6.26. The lowest BCUT2D eigenvalue weighted by Crippen LogP contribution is -2.48. The summed E-state index contributed by atoms with van der Waals surface area (Å²) < 4.78 is 0. The van der Waals surface area contributed by atoms with Crippen LogP contribution in [0.4, 0.5) is 5.69 Å². The Bertz CT molecular complexity index is 468. The summed E-state index contributed by atoms with van der Waals surface area (Å²) in [7, 11) is 0. The molecular formula is C18H27ClN2. The van der Waals surface area contributed by atoms with E-state index in [1.54, 1.807) is 0 Å². The van der Waals surface area contributed by atoms with Crippen LogP contribution in [0, 0.1) is 12.8 Å². The molecule has 1 aliphatic carbocycles. The molecule has 1 aliphatic heterocycles. The summed E-state index contributed by atoms with van der Waals surface area (Å²) in [6.45, 7) is 3.31. The van der Waals surface area contributed by atoms with Crippen molar-refractivity contribution in [3.8, 4) is 0 Å². The fourth-order valence-electron chi connectivity index (χ4n) is 4.03. The molecule has 0 spiro atoms. The zero-order valence-corrected chi connectivity index (χ0v) is 13.8. The van der Waals surface area contributed by atoms with Gasteiger partial charge >= 0.3 is 0 Å². The molecule has 2 nitrogen and oxygen atoms in total. The van der Waals surface area contributed by atoms with E-state index in [0.29, 0.717) is 12.1 Å². The number of anilines is 1. The Balaban J connectivity index is 1.73. The molecule has 3 rings (SSSR count). The lowest BCUT2D eigenvalue weighted by atomic mass is 9.77. The summed E-state index contributed by atoms with van der Waals surface area (Å²) in [5, 5.41) is 8.44. The normalized spacial score (nSPS) is 30.1. The van der Waals surface area contributed by atoms with E-state index in [2.05, 4.69) is 23.6 Å². The molecule has 1 aromatic carbocycles. The average Bonchev–Trinajstić information content (AvgIpc) is 2.53. The van der Waals surface area contributed by atoms with Gasteiger partial charge in [-0.1, -0.05) is 36.9 Å².